The molecule has 0 aliphatic rings. The van der Waals surface area contributed by atoms with Crippen LogP contribution in [0.4, 0.5) is 0 Å². The number of benzene rings is 2. The van der Waals surface area contributed by atoms with Crippen LogP contribution in [0.3, 0.4) is 0 Å². The van der Waals surface area contributed by atoms with Gasteiger partial charge in [0.25, 0.3) is 12.0 Å². The number of rotatable bonds is 4. The Bertz CT molecular complexity index is 874. The Morgan fingerprint density at radius 2 is 1.73 bits per heavy atom. The van der Waals surface area contributed by atoms with E-state index in [1.54, 1.807) is 36.4 Å². The number of ether oxygens (including phenoxy) is 1. The molecule has 22 heavy (non-hydrogen) atoms. The van der Waals surface area contributed by atoms with E-state index in [9.17, 15) is 9.59 Å². The molecule has 110 valence electrons. The Morgan fingerprint density at radius 1 is 1.05 bits per heavy atom. The van der Waals surface area contributed by atoms with Gasteiger partial charge in [-0.15, -0.1) is 0 Å². The summed E-state index contributed by atoms with van der Waals surface area (Å²) in [5.41, 5.74) is 1.16. The number of aromatic amines is 1. The molecule has 1 N–H and O–H groups in total. The number of hydrogen-bond acceptors (Lipinski definition) is 3. The van der Waals surface area contributed by atoms with E-state index in [0.717, 1.165) is 0 Å². The first kappa shape index (κ1) is 14.4. The van der Waals surface area contributed by atoms with Crippen molar-refractivity contribution in [1.29, 1.82) is 0 Å². The third kappa shape index (κ3) is 2.49. The molecule has 5 heteroatoms. The van der Waals surface area contributed by atoms with Gasteiger partial charge in [0.2, 0.25) is 0 Å². The van der Waals surface area contributed by atoms with Crippen LogP contribution in [0, 0.1) is 0 Å². The summed E-state index contributed by atoms with van der Waals surface area (Å²) in [6, 6.07) is 16.2. The number of carbonyl (C=O) groups excluding carboxylic acids is 1. The van der Waals surface area contributed by atoms with Crippen molar-refractivity contribution in [1.82, 2.24) is 4.98 Å². The molecule has 0 aliphatic heterocycles. The number of halogens is 1. The third-order valence-electron chi connectivity index (χ3n) is 3.45. The molecular weight excluding hydrogens is 302 g/mol. The summed E-state index contributed by atoms with van der Waals surface area (Å²) in [4.78, 5) is 26.1. The average molecular weight is 314 g/mol. The molecule has 3 rings (SSSR count). The van der Waals surface area contributed by atoms with Gasteiger partial charge in [-0.1, -0.05) is 60.1 Å². The van der Waals surface area contributed by atoms with E-state index in [4.69, 9.17) is 16.3 Å². The molecule has 4 nitrogen and oxygen atoms in total. The minimum absolute atomic E-state index is 0.221. The summed E-state index contributed by atoms with van der Waals surface area (Å²) in [5, 5.41) is 0.990. The van der Waals surface area contributed by atoms with Crippen LogP contribution in [0.15, 0.2) is 59.4 Å². The molecule has 1 heterocycles. The SMILES string of the molecule is O=COC(c1ccccc1)c1c(Cl)c2ccccc2[nH]c1=O. The van der Waals surface area contributed by atoms with Gasteiger partial charge in [0, 0.05) is 10.9 Å². The molecule has 0 radical (unpaired) electrons. The molecular formula is C17H12ClNO3. The number of carbonyl (C=O) groups is 1. The Morgan fingerprint density at radius 3 is 2.45 bits per heavy atom. The number of hydrogen-bond donors (Lipinski definition) is 1. The maximum atomic E-state index is 12.4. The Labute approximate surface area is 131 Å². The lowest BCUT2D eigenvalue weighted by Gasteiger charge is -2.17. The minimum Gasteiger partial charge on any atom is -0.454 e. The predicted molar refractivity (Wildman–Crippen MR) is 85.0 cm³/mol. The molecule has 0 fully saturated rings. The highest BCUT2D eigenvalue weighted by Gasteiger charge is 2.23. The number of H-pyrrole nitrogens is 1. The van der Waals surface area contributed by atoms with Crippen molar-refractivity contribution >= 4 is 29.0 Å². The van der Waals surface area contributed by atoms with E-state index in [1.807, 2.05) is 18.2 Å². The molecule has 0 bridgehead atoms. The van der Waals surface area contributed by atoms with Crippen LogP contribution in [0.25, 0.3) is 10.9 Å². The van der Waals surface area contributed by atoms with Crippen molar-refractivity contribution in [2.45, 2.75) is 6.10 Å². The second-order valence-corrected chi connectivity index (χ2v) is 5.13. The average Bonchev–Trinajstić information content (AvgIpc) is 2.55. The lowest BCUT2D eigenvalue weighted by molar-refractivity contribution is -0.132. The first-order chi connectivity index (χ1) is 10.7. The first-order valence-corrected chi connectivity index (χ1v) is 7.04. The van der Waals surface area contributed by atoms with Gasteiger partial charge >= 0.3 is 0 Å². The quantitative estimate of drug-likeness (QED) is 0.751. The third-order valence-corrected chi connectivity index (χ3v) is 3.86. The predicted octanol–water partition coefficient (Wildman–Crippen LogP) is 3.44. The van der Waals surface area contributed by atoms with Crippen molar-refractivity contribution in [2.75, 3.05) is 0 Å². The van der Waals surface area contributed by atoms with Gasteiger partial charge in [-0.05, 0) is 11.6 Å². The standard InChI is InChI=1S/C17H12ClNO3/c18-15-12-8-4-5-9-13(12)19-17(21)14(15)16(22-10-20)11-6-2-1-3-7-11/h1-10,16H,(H,19,21). The van der Waals surface area contributed by atoms with Crippen LogP contribution in [-0.4, -0.2) is 11.5 Å². The largest absolute Gasteiger partial charge is 0.454 e. The van der Waals surface area contributed by atoms with Gasteiger partial charge in [0.1, 0.15) is 0 Å². The lowest BCUT2D eigenvalue weighted by Crippen LogP contribution is -2.20. The summed E-state index contributed by atoms with van der Waals surface area (Å²) in [5.74, 6) is 0. The summed E-state index contributed by atoms with van der Waals surface area (Å²) < 4.78 is 5.14. The summed E-state index contributed by atoms with van der Waals surface area (Å²) in [6.07, 6.45) is -0.848. The van der Waals surface area contributed by atoms with Crippen LogP contribution in [0.1, 0.15) is 17.2 Å². The van der Waals surface area contributed by atoms with E-state index in [2.05, 4.69) is 4.98 Å². The van der Waals surface area contributed by atoms with Crippen LogP contribution in [-0.2, 0) is 9.53 Å². The highest BCUT2D eigenvalue weighted by Crippen LogP contribution is 2.32. The van der Waals surface area contributed by atoms with Gasteiger partial charge in [-0.3, -0.25) is 9.59 Å². The number of nitrogens with one attached hydrogen (secondary N) is 1. The Hall–Kier alpha value is -2.59. The van der Waals surface area contributed by atoms with Crippen LogP contribution in [0.2, 0.25) is 5.02 Å². The zero-order valence-electron chi connectivity index (χ0n) is 11.5. The van der Waals surface area contributed by atoms with Gasteiger partial charge in [-0.2, -0.15) is 0 Å². The van der Waals surface area contributed by atoms with Crippen LogP contribution >= 0.6 is 11.6 Å². The van der Waals surface area contributed by atoms with Gasteiger partial charge < -0.3 is 9.72 Å². The normalized spacial score (nSPS) is 12.0. The summed E-state index contributed by atoms with van der Waals surface area (Å²) in [6.45, 7) is 0.322. The highest BCUT2D eigenvalue weighted by atomic mass is 35.5. The van der Waals surface area contributed by atoms with Crippen molar-refractivity contribution in [3.63, 3.8) is 0 Å². The van der Waals surface area contributed by atoms with Gasteiger partial charge in [0.15, 0.2) is 6.10 Å². The second kappa shape index (κ2) is 6.03. The smallest absolute Gasteiger partial charge is 0.294 e. The van der Waals surface area contributed by atoms with Crippen molar-refractivity contribution < 1.29 is 9.53 Å². The zero-order valence-corrected chi connectivity index (χ0v) is 12.2. The molecule has 1 aromatic heterocycles. The molecule has 0 saturated heterocycles. The molecule has 1 atom stereocenters. The topological polar surface area (TPSA) is 59.2 Å². The van der Waals surface area contributed by atoms with Gasteiger partial charge in [0.05, 0.1) is 10.6 Å². The molecule has 2 aromatic carbocycles. The summed E-state index contributed by atoms with van der Waals surface area (Å²) in [7, 11) is 0. The molecule has 0 saturated carbocycles. The van der Waals surface area contributed by atoms with Crippen molar-refractivity contribution in [3.8, 4) is 0 Å². The molecule has 0 amide bonds. The van der Waals surface area contributed by atoms with Crippen LogP contribution < -0.4 is 5.56 Å². The fourth-order valence-corrected chi connectivity index (χ4v) is 2.80. The zero-order chi connectivity index (χ0) is 15.5. The second-order valence-electron chi connectivity index (χ2n) is 4.75. The lowest BCUT2D eigenvalue weighted by atomic mass is 10.0. The Balaban J connectivity index is 2.26. The maximum absolute atomic E-state index is 12.4. The van der Waals surface area contributed by atoms with E-state index >= 15 is 0 Å². The Kier molecular flexibility index (Phi) is 3.94. The molecule has 0 aliphatic carbocycles. The molecule has 3 aromatic rings. The number of pyridine rings is 1. The monoisotopic (exact) mass is 313 g/mol. The summed E-state index contributed by atoms with van der Waals surface area (Å²) >= 11 is 6.41. The minimum atomic E-state index is -0.848. The van der Waals surface area contributed by atoms with Crippen LogP contribution in [0.5, 0.6) is 0 Å². The van der Waals surface area contributed by atoms with Crippen molar-refractivity contribution in [2.24, 2.45) is 0 Å². The van der Waals surface area contributed by atoms with E-state index < -0.39 is 6.10 Å². The first-order valence-electron chi connectivity index (χ1n) is 6.67. The number of para-hydroxylation sites is 1. The molecule has 1 unspecified atom stereocenters. The number of fused-ring (bicyclic) bond motifs is 1. The maximum Gasteiger partial charge on any atom is 0.294 e. The fourth-order valence-electron chi connectivity index (χ4n) is 2.45. The van der Waals surface area contributed by atoms with Crippen molar-refractivity contribution in [3.05, 3.63) is 81.1 Å². The molecule has 0 spiro atoms. The number of aromatic nitrogens is 1. The van der Waals surface area contributed by atoms with E-state index in [0.29, 0.717) is 22.9 Å². The highest BCUT2D eigenvalue weighted by molar-refractivity contribution is 6.36. The fraction of sp³-hybridized carbons (Fsp3) is 0.0588. The van der Waals surface area contributed by atoms with Gasteiger partial charge in [-0.25, -0.2) is 0 Å². The van der Waals surface area contributed by atoms with E-state index in [1.165, 1.54) is 0 Å². The van der Waals surface area contributed by atoms with E-state index in [-0.39, 0.29) is 16.1 Å².